The number of H-pyrrole nitrogens is 1. The van der Waals surface area contributed by atoms with Crippen molar-refractivity contribution in [1.82, 2.24) is 25.9 Å². The maximum Gasteiger partial charge on any atom is 0.220 e. The van der Waals surface area contributed by atoms with Gasteiger partial charge in [-0.25, -0.2) is 0 Å². The topological polar surface area (TPSA) is 83.6 Å². The lowest BCUT2D eigenvalue weighted by Crippen LogP contribution is -2.29. The summed E-state index contributed by atoms with van der Waals surface area (Å²) in [7, 11) is 0. The molecule has 2 N–H and O–H groups in total. The van der Waals surface area contributed by atoms with Gasteiger partial charge in [-0.3, -0.25) is 4.79 Å². The first-order chi connectivity index (χ1) is 6.68. The third-order valence-electron chi connectivity index (χ3n) is 1.64. The Morgan fingerprint density at radius 3 is 2.93 bits per heavy atom. The molecule has 0 radical (unpaired) electrons. The second-order valence-corrected chi connectivity index (χ2v) is 3.40. The number of nitrogens with zero attached hydrogens (tertiary/aromatic N) is 3. The molecule has 1 aromatic rings. The number of aromatic amines is 1. The van der Waals surface area contributed by atoms with E-state index in [9.17, 15) is 4.79 Å². The van der Waals surface area contributed by atoms with Crippen LogP contribution >= 0.6 is 0 Å². The van der Waals surface area contributed by atoms with E-state index in [1.54, 1.807) is 0 Å². The third kappa shape index (κ3) is 3.97. The molecule has 0 aromatic carbocycles. The van der Waals surface area contributed by atoms with Crippen LogP contribution in [0.25, 0.3) is 0 Å². The monoisotopic (exact) mass is 197 g/mol. The molecule has 78 valence electrons. The molecule has 6 nitrogen and oxygen atoms in total. The lowest BCUT2D eigenvalue weighted by atomic mass is 10.2. The van der Waals surface area contributed by atoms with Crippen LogP contribution in [0.15, 0.2) is 0 Å². The average molecular weight is 197 g/mol. The molecule has 0 aliphatic heterocycles. The number of aromatic nitrogens is 4. The molecule has 6 heteroatoms. The minimum Gasteiger partial charge on any atom is -0.354 e. The van der Waals surface area contributed by atoms with Crippen LogP contribution in [0.1, 0.15) is 32.5 Å². The number of rotatable bonds is 5. The molecule has 1 rings (SSSR count). The minimum atomic E-state index is 0.0727. The molecule has 1 aromatic heterocycles. The van der Waals surface area contributed by atoms with Gasteiger partial charge in [-0.1, -0.05) is 5.21 Å². The van der Waals surface area contributed by atoms with Crippen LogP contribution in [0.5, 0.6) is 0 Å². The van der Waals surface area contributed by atoms with E-state index in [1.807, 2.05) is 13.8 Å². The molecule has 0 atom stereocenters. The second-order valence-electron chi connectivity index (χ2n) is 3.40. The Kier molecular flexibility index (Phi) is 4.03. The van der Waals surface area contributed by atoms with Crippen LogP contribution in [-0.2, 0) is 11.2 Å². The Balaban J connectivity index is 2.12. The van der Waals surface area contributed by atoms with Gasteiger partial charge in [0.05, 0.1) is 0 Å². The van der Waals surface area contributed by atoms with Gasteiger partial charge in [0.1, 0.15) is 0 Å². The Bertz CT molecular complexity index is 269. The van der Waals surface area contributed by atoms with Crippen LogP contribution in [0, 0.1) is 0 Å². The quantitative estimate of drug-likeness (QED) is 0.698. The van der Waals surface area contributed by atoms with Crippen molar-refractivity contribution in [2.24, 2.45) is 0 Å². The third-order valence-corrected chi connectivity index (χ3v) is 1.64. The van der Waals surface area contributed by atoms with Gasteiger partial charge in [0.2, 0.25) is 5.91 Å². The van der Waals surface area contributed by atoms with Gasteiger partial charge in [0.15, 0.2) is 5.82 Å². The largest absolute Gasteiger partial charge is 0.354 e. The normalized spacial score (nSPS) is 10.5. The Morgan fingerprint density at radius 1 is 1.57 bits per heavy atom. The van der Waals surface area contributed by atoms with E-state index in [4.69, 9.17) is 0 Å². The number of amides is 1. The summed E-state index contributed by atoms with van der Waals surface area (Å²) in [5, 5.41) is 16.2. The minimum absolute atomic E-state index is 0.0727. The van der Waals surface area contributed by atoms with Crippen molar-refractivity contribution >= 4 is 5.91 Å². The van der Waals surface area contributed by atoms with Crippen LogP contribution < -0.4 is 5.32 Å². The van der Waals surface area contributed by atoms with Gasteiger partial charge in [-0.05, 0) is 20.3 Å². The standard InChI is InChI=1S/C8H15N5O/c1-6(2)9-8(14)5-3-4-7-10-12-13-11-7/h6H,3-5H2,1-2H3,(H,9,14)(H,10,11,12,13). The van der Waals surface area contributed by atoms with Crippen LogP contribution in [-0.4, -0.2) is 32.6 Å². The molecule has 0 spiro atoms. The summed E-state index contributed by atoms with van der Waals surface area (Å²) in [4.78, 5) is 11.2. The van der Waals surface area contributed by atoms with E-state index in [2.05, 4.69) is 25.9 Å². The van der Waals surface area contributed by atoms with Gasteiger partial charge < -0.3 is 5.32 Å². The predicted molar refractivity (Wildman–Crippen MR) is 50.4 cm³/mol. The van der Waals surface area contributed by atoms with Crippen molar-refractivity contribution in [2.45, 2.75) is 39.2 Å². The summed E-state index contributed by atoms with van der Waals surface area (Å²) in [6.07, 6.45) is 1.94. The highest BCUT2D eigenvalue weighted by Gasteiger charge is 2.04. The highest BCUT2D eigenvalue weighted by atomic mass is 16.1. The predicted octanol–water partition coefficient (Wildman–Crippen LogP) is 0.0470. The van der Waals surface area contributed by atoms with Crippen molar-refractivity contribution in [3.8, 4) is 0 Å². The smallest absolute Gasteiger partial charge is 0.220 e. The number of tetrazole rings is 1. The molecule has 1 amide bonds. The highest BCUT2D eigenvalue weighted by Crippen LogP contribution is 1.97. The summed E-state index contributed by atoms with van der Waals surface area (Å²) in [5.74, 6) is 0.728. The maximum absolute atomic E-state index is 11.2. The van der Waals surface area contributed by atoms with E-state index in [0.717, 1.165) is 6.42 Å². The van der Waals surface area contributed by atoms with E-state index in [-0.39, 0.29) is 11.9 Å². The summed E-state index contributed by atoms with van der Waals surface area (Å²) < 4.78 is 0. The number of hydrogen-bond donors (Lipinski definition) is 2. The summed E-state index contributed by atoms with van der Waals surface area (Å²) >= 11 is 0. The van der Waals surface area contributed by atoms with Gasteiger partial charge in [0, 0.05) is 18.9 Å². The Morgan fingerprint density at radius 2 is 2.36 bits per heavy atom. The van der Waals surface area contributed by atoms with Crippen molar-refractivity contribution in [1.29, 1.82) is 0 Å². The maximum atomic E-state index is 11.2. The first kappa shape index (κ1) is 10.6. The number of aryl methyl sites for hydroxylation is 1. The van der Waals surface area contributed by atoms with Crippen LogP contribution in [0.4, 0.5) is 0 Å². The fourth-order valence-electron chi connectivity index (χ4n) is 1.09. The number of nitrogens with one attached hydrogen (secondary N) is 2. The molecule has 0 saturated carbocycles. The van der Waals surface area contributed by atoms with Gasteiger partial charge >= 0.3 is 0 Å². The van der Waals surface area contributed by atoms with Gasteiger partial charge in [0.25, 0.3) is 0 Å². The van der Waals surface area contributed by atoms with Crippen molar-refractivity contribution in [3.63, 3.8) is 0 Å². The molecular formula is C8H15N5O. The molecule has 0 bridgehead atoms. The van der Waals surface area contributed by atoms with Crippen LogP contribution in [0.2, 0.25) is 0 Å². The molecule has 0 aliphatic rings. The lowest BCUT2D eigenvalue weighted by molar-refractivity contribution is -0.121. The summed E-state index contributed by atoms with van der Waals surface area (Å²) in [5.41, 5.74) is 0. The van der Waals surface area contributed by atoms with Gasteiger partial charge in [-0.2, -0.15) is 5.21 Å². The Hall–Kier alpha value is -1.46. The number of carbonyl (C=O) groups excluding carboxylic acids is 1. The average Bonchev–Trinajstić information content (AvgIpc) is 2.55. The zero-order chi connectivity index (χ0) is 10.4. The summed E-state index contributed by atoms with van der Waals surface area (Å²) in [6.45, 7) is 3.88. The first-order valence-electron chi connectivity index (χ1n) is 4.70. The van der Waals surface area contributed by atoms with Crippen LogP contribution in [0.3, 0.4) is 0 Å². The lowest BCUT2D eigenvalue weighted by Gasteiger charge is -2.06. The summed E-state index contributed by atoms with van der Waals surface area (Å²) in [6, 6.07) is 0.202. The van der Waals surface area contributed by atoms with Crippen molar-refractivity contribution in [2.75, 3.05) is 0 Å². The first-order valence-corrected chi connectivity index (χ1v) is 4.70. The number of carbonyl (C=O) groups is 1. The highest BCUT2D eigenvalue weighted by molar-refractivity contribution is 5.76. The molecule has 14 heavy (non-hydrogen) atoms. The molecule has 0 fully saturated rings. The molecule has 0 saturated heterocycles. The fourth-order valence-corrected chi connectivity index (χ4v) is 1.09. The Labute approximate surface area is 82.5 Å². The SMILES string of the molecule is CC(C)NC(=O)CCCc1nn[nH]n1. The molecule has 0 unspecified atom stereocenters. The fraction of sp³-hybridized carbons (Fsp3) is 0.750. The molecule has 0 aliphatic carbocycles. The molecular weight excluding hydrogens is 182 g/mol. The molecule has 1 heterocycles. The zero-order valence-corrected chi connectivity index (χ0v) is 8.45. The van der Waals surface area contributed by atoms with E-state index < -0.39 is 0 Å². The van der Waals surface area contributed by atoms with Gasteiger partial charge in [-0.15, -0.1) is 10.2 Å². The second kappa shape index (κ2) is 5.31. The van der Waals surface area contributed by atoms with Crippen molar-refractivity contribution in [3.05, 3.63) is 5.82 Å². The van der Waals surface area contributed by atoms with E-state index >= 15 is 0 Å². The van der Waals surface area contributed by atoms with E-state index in [1.165, 1.54) is 0 Å². The van der Waals surface area contributed by atoms with Crippen molar-refractivity contribution < 1.29 is 4.79 Å². The zero-order valence-electron chi connectivity index (χ0n) is 8.45. The van der Waals surface area contributed by atoms with E-state index in [0.29, 0.717) is 18.7 Å². The number of hydrogen-bond acceptors (Lipinski definition) is 4.